The molecule has 0 bridgehead atoms. The maximum atomic E-state index is 11.9. The summed E-state index contributed by atoms with van der Waals surface area (Å²) in [5, 5.41) is 6.09. The minimum absolute atomic E-state index is 0.226. The van der Waals surface area contributed by atoms with E-state index < -0.39 is 0 Å². The topological polar surface area (TPSA) is 68.8 Å². The molecule has 2 amide bonds. The van der Waals surface area contributed by atoms with Crippen LogP contribution in [0.5, 0.6) is 17.2 Å². The van der Waals surface area contributed by atoms with Crippen LogP contribution in [0.2, 0.25) is 5.02 Å². The number of anilines is 1. The predicted molar refractivity (Wildman–Crippen MR) is 91.3 cm³/mol. The summed E-state index contributed by atoms with van der Waals surface area (Å²) < 4.78 is 16.1. The minimum atomic E-state index is -0.311. The number of nitrogens with one attached hydrogen (secondary N) is 2. The number of hydrogen-bond donors (Lipinski definition) is 2. The summed E-state index contributed by atoms with van der Waals surface area (Å²) in [6.45, 7) is 2.77. The maximum Gasteiger partial charge on any atom is 0.319 e. The molecule has 1 heterocycles. The summed E-state index contributed by atoms with van der Waals surface area (Å²) in [6, 6.07) is 10.4. The van der Waals surface area contributed by atoms with Crippen molar-refractivity contribution in [2.24, 2.45) is 0 Å². The molecule has 3 rings (SSSR count). The molecule has 7 heteroatoms. The molecule has 0 saturated carbocycles. The van der Waals surface area contributed by atoms with Gasteiger partial charge in [0.05, 0.1) is 6.54 Å². The Morgan fingerprint density at radius 2 is 2.08 bits per heavy atom. The van der Waals surface area contributed by atoms with Crippen LogP contribution >= 0.6 is 11.6 Å². The molecule has 0 aromatic heterocycles. The van der Waals surface area contributed by atoms with Gasteiger partial charge in [-0.05, 0) is 36.8 Å². The molecule has 0 unspecified atom stereocenters. The highest BCUT2D eigenvalue weighted by atomic mass is 35.5. The van der Waals surface area contributed by atoms with E-state index in [1.807, 2.05) is 6.92 Å². The number of carbonyl (C=O) groups excluding carboxylic acids is 1. The lowest BCUT2D eigenvalue weighted by Gasteiger charge is -2.11. The highest BCUT2D eigenvalue weighted by Crippen LogP contribution is 2.34. The van der Waals surface area contributed by atoms with Crippen molar-refractivity contribution in [1.82, 2.24) is 5.32 Å². The van der Waals surface area contributed by atoms with Crippen LogP contribution in [0.3, 0.4) is 0 Å². The summed E-state index contributed by atoms with van der Waals surface area (Å²) in [4.78, 5) is 11.9. The molecule has 2 aromatic rings. The van der Waals surface area contributed by atoms with Crippen molar-refractivity contribution in [2.75, 3.05) is 25.3 Å². The fourth-order valence-electron chi connectivity index (χ4n) is 2.21. The van der Waals surface area contributed by atoms with Gasteiger partial charge >= 0.3 is 6.03 Å². The van der Waals surface area contributed by atoms with E-state index >= 15 is 0 Å². The van der Waals surface area contributed by atoms with Gasteiger partial charge in [-0.3, -0.25) is 0 Å². The Hall–Kier alpha value is -2.60. The van der Waals surface area contributed by atoms with Gasteiger partial charge in [-0.1, -0.05) is 17.7 Å². The molecule has 0 aliphatic carbocycles. The first-order chi connectivity index (χ1) is 11.6. The molecular weight excluding hydrogens is 332 g/mol. The molecule has 1 aliphatic rings. The van der Waals surface area contributed by atoms with Crippen LogP contribution in [0.1, 0.15) is 5.56 Å². The first-order valence-electron chi connectivity index (χ1n) is 7.46. The van der Waals surface area contributed by atoms with Gasteiger partial charge in [0.2, 0.25) is 6.79 Å². The van der Waals surface area contributed by atoms with E-state index in [-0.39, 0.29) is 12.8 Å². The second-order valence-corrected chi connectivity index (χ2v) is 5.56. The number of hydrogen-bond acceptors (Lipinski definition) is 4. The molecule has 6 nitrogen and oxygen atoms in total. The third-order valence-electron chi connectivity index (χ3n) is 3.52. The third kappa shape index (κ3) is 3.83. The van der Waals surface area contributed by atoms with Crippen LogP contribution < -0.4 is 24.8 Å². The standard InChI is InChI=1S/C17H17ClN2O4/c1-11-13(18)3-2-4-14(11)20-17(21)19-7-8-22-12-5-6-15-16(9-12)24-10-23-15/h2-6,9H,7-8,10H2,1H3,(H2,19,20,21). The predicted octanol–water partition coefficient (Wildman–Crippen LogP) is 3.58. The minimum Gasteiger partial charge on any atom is -0.492 e. The SMILES string of the molecule is Cc1c(Cl)cccc1NC(=O)NCCOc1ccc2c(c1)OCO2. The zero-order chi connectivity index (χ0) is 16.9. The number of urea groups is 1. The van der Waals surface area contributed by atoms with E-state index in [2.05, 4.69) is 10.6 Å². The molecule has 126 valence electrons. The fourth-order valence-corrected chi connectivity index (χ4v) is 2.38. The van der Waals surface area contributed by atoms with Crippen molar-refractivity contribution >= 4 is 23.3 Å². The van der Waals surface area contributed by atoms with Gasteiger partial charge in [0, 0.05) is 16.8 Å². The van der Waals surface area contributed by atoms with E-state index in [0.29, 0.717) is 41.1 Å². The highest BCUT2D eigenvalue weighted by Gasteiger charge is 2.13. The molecule has 0 atom stereocenters. The normalized spacial score (nSPS) is 11.9. The first-order valence-corrected chi connectivity index (χ1v) is 7.84. The number of benzene rings is 2. The van der Waals surface area contributed by atoms with Crippen molar-refractivity contribution in [3.8, 4) is 17.2 Å². The van der Waals surface area contributed by atoms with E-state index in [9.17, 15) is 4.79 Å². The lowest BCUT2D eigenvalue weighted by molar-refractivity contribution is 0.173. The molecule has 1 aliphatic heterocycles. The maximum absolute atomic E-state index is 11.9. The van der Waals surface area contributed by atoms with Crippen molar-refractivity contribution in [2.45, 2.75) is 6.92 Å². The number of halogens is 1. The number of carbonyl (C=O) groups is 1. The van der Waals surface area contributed by atoms with Crippen molar-refractivity contribution < 1.29 is 19.0 Å². The Morgan fingerprint density at radius 1 is 1.25 bits per heavy atom. The van der Waals surface area contributed by atoms with Gasteiger partial charge in [0.15, 0.2) is 11.5 Å². The van der Waals surface area contributed by atoms with Crippen LogP contribution in [0.25, 0.3) is 0 Å². The summed E-state index contributed by atoms with van der Waals surface area (Å²) in [6.07, 6.45) is 0. The molecule has 24 heavy (non-hydrogen) atoms. The zero-order valence-electron chi connectivity index (χ0n) is 13.1. The third-order valence-corrected chi connectivity index (χ3v) is 3.93. The zero-order valence-corrected chi connectivity index (χ0v) is 13.9. The molecular formula is C17H17ClN2O4. The van der Waals surface area contributed by atoms with Crippen LogP contribution in [-0.4, -0.2) is 26.0 Å². The summed E-state index contributed by atoms with van der Waals surface area (Å²) in [7, 11) is 0. The Balaban J connectivity index is 1.43. The van der Waals surface area contributed by atoms with Crippen LogP contribution in [-0.2, 0) is 0 Å². The highest BCUT2D eigenvalue weighted by molar-refractivity contribution is 6.31. The average molecular weight is 349 g/mol. The summed E-state index contributed by atoms with van der Waals surface area (Å²) in [5.74, 6) is 2.03. The van der Waals surface area contributed by atoms with E-state index in [1.165, 1.54) is 0 Å². The fraction of sp³-hybridized carbons (Fsp3) is 0.235. The Morgan fingerprint density at radius 3 is 2.96 bits per heavy atom. The van der Waals surface area contributed by atoms with Gasteiger partial charge in [0.25, 0.3) is 0 Å². The molecule has 0 fully saturated rings. The van der Waals surface area contributed by atoms with Crippen LogP contribution in [0, 0.1) is 6.92 Å². The van der Waals surface area contributed by atoms with Crippen LogP contribution in [0.4, 0.5) is 10.5 Å². The van der Waals surface area contributed by atoms with E-state index in [4.69, 9.17) is 25.8 Å². The lowest BCUT2D eigenvalue weighted by atomic mass is 10.2. The number of rotatable bonds is 5. The van der Waals surface area contributed by atoms with Crippen molar-refractivity contribution in [1.29, 1.82) is 0 Å². The smallest absolute Gasteiger partial charge is 0.319 e. The summed E-state index contributed by atoms with van der Waals surface area (Å²) >= 11 is 6.02. The summed E-state index contributed by atoms with van der Waals surface area (Å²) in [5.41, 5.74) is 1.50. The molecule has 0 saturated heterocycles. The quantitative estimate of drug-likeness (QED) is 0.810. The monoisotopic (exact) mass is 348 g/mol. The largest absolute Gasteiger partial charge is 0.492 e. The van der Waals surface area contributed by atoms with Crippen molar-refractivity contribution in [3.63, 3.8) is 0 Å². The number of ether oxygens (including phenoxy) is 3. The van der Waals surface area contributed by atoms with Gasteiger partial charge in [-0.15, -0.1) is 0 Å². The molecule has 2 aromatic carbocycles. The van der Waals surface area contributed by atoms with Gasteiger partial charge < -0.3 is 24.8 Å². The second kappa shape index (κ2) is 7.31. The number of amides is 2. The van der Waals surface area contributed by atoms with Gasteiger partial charge in [-0.25, -0.2) is 4.79 Å². The molecule has 2 N–H and O–H groups in total. The Bertz CT molecular complexity index is 751. The van der Waals surface area contributed by atoms with Gasteiger partial charge in [0.1, 0.15) is 12.4 Å². The van der Waals surface area contributed by atoms with E-state index in [0.717, 1.165) is 5.56 Å². The Labute approximate surface area is 144 Å². The first kappa shape index (κ1) is 16.3. The lowest BCUT2D eigenvalue weighted by Crippen LogP contribution is -2.32. The number of fused-ring (bicyclic) bond motifs is 1. The molecule has 0 radical (unpaired) electrons. The molecule has 0 spiro atoms. The van der Waals surface area contributed by atoms with Crippen molar-refractivity contribution in [3.05, 3.63) is 47.0 Å². The van der Waals surface area contributed by atoms with Gasteiger partial charge in [-0.2, -0.15) is 0 Å². The van der Waals surface area contributed by atoms with E-state index in [1.54, 1.807) is 36.4 Å². The van der Waals surface area contributed by atoms with Crippen LogP contribution in [0.15, 0.2) is 36.4 Å². The second-order valence-electron chi connectivity index (χ2n) is 5.16. The Kier molecular flexibility index (Phi) is 4.96. The average Bonchev–Trinajstić information content (AvgIpc) is 3.03.